The molecule has 2 rings (SSSR count). The average molecular weight is 249 g/mol. The highest BCUT2D eigenvalue weighted by Gasteiger charge is 2.29. The lowest BCUT2D eigenvalue weighted by molar-refractivity contribution is 0.0864. The minimum atomic E-state index is 0.0402. The number of hydrogen-bond acceptors (Lipinski definition) is 5. The summed E-state index contributed by atoms with van der Waals surface area (Å²) in [7, 11) is 1.51. The van der Waals surface area contributed by atoms with Crippen LogP contribution < -0.4 is 10.5 Å². The van der Waals surface area contributed by atoms with Gasteiger partial charge in [0.25, 0.3) is 0 Å². The molecule has 0 aliphatic heterocycles. The van der Waals surface area contributed by atoms with Gasteiger partial charge in [-0.3, -0.25) is 4.79 Å². The van der Waals surface area contributed by atoms with E-state index in [1.807, 2.05) is 0 Å². The van der Waals surface area contributed by atoms with E-state index < -0.39 is 0 Å². The summed E-state index contributed by atoms with van der Waals surface area (Å²) in [5, 5.41) is 0. The predicted molar refractivity (Wildman–Crippen MR) is 67.4 cm³/mol. The van der Waals surface area contributed by atoms with Gasteiger partial charge in [0.15, 0.2) is 11.5 Å². The second-order valence-corrected chi connectivity index (χ2v) is 4.73. The monoisotopic (exact) mass is 249 g/mol. The number of carbonyl (C=O) groups excluding carboxylic acids is 1. The summed E-state index contributed by atoms with van der Waals surface area (Å²) < 4.78 is 5.09. The Bertz CT molecular complexity index is 414. The van der Waals surface area contributed by atoms with Crippen LogP contribution in [0.4, 0.5) is 0 Å². The summed E-state index contributed by atoms with van der Waals surface area (Å²) in [6.45, 7) is 0.718. The van der Waals surface area contributed by atoms with Crippen LogP contribution in [-0.4, -0.2) is 29.4 Å². The predicted octanol–water partition coefficient (Wildman–Crippen LogP) is 1.43. The standard InChI is InChI=1S/C13H19N3O2/c1-18-13-11(15-6-7-16-13)12(17)10-4-2-9(8-14)3-5-10/h6-7,9-10H,2-5,8,14H2,1H3. The summed E-state index contributed by atoms with van der Waals surface area (Å²) in [6, 6.07) is 0. The molecule has 0 radical (unpaired) electrons. The number of rotatable bonds is 4. The van der Waals surface area contributed by atoms with Crippen LogP contribution in [0.15, 0.2) is 12.4 Å². The van der Waals surface area contributed by atoms with Crippen LogP contribution in [0.1, 0.15) is 36.2 Å². The summed E-state index contributed by atoms with van der Waals surface area (Å²) in [5.41, 5.74) is 6.01. The fourth-order valence-electron chi connectivity index (χ4n) is 2.50. The third kappa shape index (κ3) is 2.67. The van der Waals surface area contributed by atoms with Crippen molar-refractivity contribution in [3.8, 4) is 5.88 Å². The molecule has 0 atom stereocenters. The van der Waals surface area contributed by atoms with E-state index in [-0.39, 0.29) is 11.7 Å². The van der Waals surface area contributed by atoms with Gasteiger partial charge >= 0.3 is 0 Å². The molecule has 0 unspecified atom stereocenters. The Morgan fingerprint density at radius 2 is 2.00 bits per heavy atom. The van der Waals surface area contributed by atoms with Crippen LogP contribution in [-0.2, 0) is 0 Å². The van der Waals surface area contributed by atoms with E-state index in [0.717, 1.165) is 32.2 Å². The molecule has 0 spiro atoms. The van der Waals surface area contributed by atoms with E-state index in [4.69, 9.17) is 10.5 Å². The van der Waals surface area contributed by atoms with Gasteiger partial charge < -0.3 is 10.5 Å². The fourth-order valence-corrected chi connectivity index (χ4v) is 2.50. The van der Waals surface area contributed by atoms with E-state index >= 15 is 0 Å². The van der Waals surface area contributed by atoms with E-state index in [1.165, 1.54) is 19.5 Å². The number of methoxy groups -OCH3 is 1. The summed E-state index contributed by atoms with van der Waals surface area (Å²) in [4.78, 5) is 20.5. The van der Waals surface area contributed by atoms with Crippen molar-refractivity contribution in [3.05, 3.63) is 18.1 Å². The summed E-state index contributed by atoms with van der Waals surface area (Å²) >= 11 is 0. The lowest BCUT2D eigenvalue weighted by Gasteiger charge is -2.26. The normalized spacial score (nSPS) is 23.7. The number of nitrogens with two attached hydrogens (primary N) is 1. The third-order valence-electron chi connectivity index (χ3n) is 3.64. The first-order valence-electron chi connectivity index (χ1n) is 6.35. The topological polar surface area (TPSA) is 78.1 Å². The fraction of sp³-hybridized carbons (Fsp3) is 0.615. The largest absolute Gasteiger partial charge is 0.479 e. The Labute approximate surface area is 107 Å². The minimum absolute atomic E-state index is 0.0402. The molecular weight excluding hydrogens is 230 g/mol. The van der Waals surface area contributed by atoms with Gasteiger partial charge in [0.05, 0.1) is 7.11 Å². The van der Waals surface area contributed by atoms with Gasteiger partial charge in [0.1, 0.15) is 0 Å². The highest BCUT2D eigenvalue weighted by molar-refractivity contribution is 5.98. The van der Waals surface area contributed by atoms with Crippen LogP contribution in [0.2, 0.25) is 0 Å². The second-order valence-electron chi connectivity index (χ2n) is 4.73. The van der Waals surface area contributed by atoms with Gasteiger partial charge in [-0.05, 0) is 38.1 Å². The maximum absolute atomic E-state index is 12.4. The molecule has 1 aliphatic carbocycles. The third-order valence-corrected chi connectivity index (χ3v) is 3.64. The van der Waals surface area contributed by atoms with Crippen molar-refractivity contribution in [2.24, 2.45) is 17.6 Å². The number of ether oxygens (including phenoxy) is 1. The SMILES string of the molecule is COc1nccnc1C(=O)C1CCC(CN)CC1. The lowest BCUT2D eigenvalue weighted by Crippen LogP contribution is -2.26. The molecule has 5 nitrogen and oxygen atoms in total. The maximum atomic E-state index is 12.4. The highest BCUT2D eigenvalue weighted by atomic mass is 16.5. The molecule has 1 heterocycles. The number of Topliss-reactive ketones (excluding diaryl/α,β-unsaturated/α-hetero) is 1. The molecule has 5 heteroatoms. The molecule has 1 fully saturated rings. The Morgan fingerprint density at radius 1 is 1.33 bits per heavy atom. The number of hydrogen-bond donors (Lipinski definition) is 1. The Hall–Kier alpha value is -1.49. The number of nitrogens with zero attached hydrogens (tertiary/aromatic N) is 2. The number of aromatic nitrogens is 2. The van der Waals surface area contributed by atoms with Crippen molar-refractivity contribution in [2.45, 2.75) is 25.7 Å². The van der Waals surface area contributed by atoms with Gasteiger partial charge in [-0.15, -0.1) is 0 Å². The van der Waals surface area contributed by atoms with E-state index in [9.17, 15) is 4.79 Å². The van der Waals surface area contributed by atoms with Gasteiger partial charge in [-0.25, -0.2) is 9.97 Å². The first-order valence-corrected chi connectivity index (χ1v) is 6.35. The van der Waals surface area contributed by atoms with Crippen molar-refractivity contribution in [1.29, 1.82) is 0 Å². The smallest absolute Gasteiger partial charge is 0.243 e. The van der Waals surface area contributed by atoms with Gasteiger partial charge in [0, 0.05) is 18.3 Å². The lowest BCUT2D eigenvalue weighted by atomic mass is 9.79. The Morgan fingerprint density at radius 3 is 2.61 bits per heavy atom. The molecule has 0 bridgehead atoms. The molecule has 1 saturated carbocycles. The van der Waals surface area contributed by atoms with Crippen LogP contribution in [0.3, 0.4) is 0 Å². The van der Waals surface area contributed by atoms with Crippen molar-refractivity contribution in [3.63, 3.8) is 0 Å². The second kappa shape index (κ2) is 5.91. The van der Waals surface area contributed by atoms with Crippen LogP contribution >= 0.6 is 0 Å². The molecule has 1 aromatic heterocycles. The maximum Gasteiger partial charge on any atom is 0.243 e. The zero-order chi connectivity index (χ0) is 13.0. The molecule has 2 N–H and O–H groups in total. The molecule has 1 aromatic rings. The van der Waals surface area contributed by atoms with Gasteiger partial charge in [-0.2, -0.15) is 0 Å². The first kappa shape index (κ1) is 13.0. The summed E-state index contributed by atoms with van der Waals surface area (Å²) in [5.74, 6) is 0.982. The minimum Gasteiger partial charge on any atom is -0.479 e. The number of ketones is 1. The quantitative estimate of drug-likeness (QED) is 0.817. The van der Waals surface area contributed by atoms with Crippen molar-refractivity contribution < 1.29 is 9.53 Å². The van der Waals surface area contributed by atoms with Crippen LogP contribution in [0.5, 0.6) is 5.88 Å². The molecule has 18 heavy (non-hydrogen) atoms. The van der Waals surface area contributed by atoms with Crippen LogP contribution in [0.25, 0.3) is 0 Å². The zero-order valence-corrected chi connectivity index (χ0v) is 10.6. The molecule has 0 amide bonds. The van der Waals surface area contributed by atoms with Crippen molar-refractivity contribution in [2.75, 3.05) is 13.7 Å². The molecule has 0 saturated heterocycles. The van der Waals surface area contributed by atoms with E-state index in [0.29, 0.717) is 17.5 Å². The van der Waals surface area contributed by atoms with Gasteiger partial charge in [0.2, 0.25) is 5.88 Å². The Balaban J connectivity index is 2.08. The zero-order valence-electron chi connectivity index (χ0n) is 10.6. The van der Waals surface area contributed by atoms with Crippen LogP contribution in [0, 0.1) is 11.8 Å². The molecule has 0 aromatic carbocycles. The summed E-state index contributed by atoms with van der Waals surface area (Å²) in [6.07, 6.45) is 6.88. The van der Waals surface area contributed by atoms with E-state index in [1.54, 1.807) is 0 Å². The highest BCUT2D eigenvalue weighted by Crippen LogP contribution is 2.31. The van der Waals surface area contributed by atoms with Gasteiger partial charge in [-0.1, -0.05) is 0 Å². The molecule has 1 aliphatic rings. The van der Waals surface area contributed by atoms with Crippen molar-refractivity contribution in [1.82, 2.24) is 9.97 Å². The number of carbonyl (C=O) groups is 1. The first-order chi connectivity index (χ1) is 8.76. The molecule has 98 valence electrons. The van der Waals surface area contributed by atoms with E-state index in [2.05, 4.69) is 9.97 Å². The average Bonchev–Trinajstić information content (AvgIpc) is 2.46. The van der Waals surface area contributed by atoms with Crippen molar-refractivity contribution >= 4 is 5.78 Å². The molecular formula is C13H19N3O2. The Kier molecular flexibility index (Phi) is 4.25.